The minimum atomic E-state index is -0.630. The minimum Gasteiger partial charge on any atom is -0.395 e. The van der Waals surface area contributed by atoms with Crippen molar-refractivity contribution in [1.82, 2.24) is 5.32 Å². The van der Waals surface area contributed by atoms with Crippen LogP contribution in [-0.2, 0) is 0 Å². The van der Waals surface area contributed by atoms with Crippen LogP contribution in [0.5, 0.6) is 0 Å². The minimum absolute atomic E-state index is 0.125. The van der Waals surface area contributed by atoms with Crippen LogP contribution in [0.25, 0.3) is 0 Å². The van der Waals surface area contributed by atoms with Gasteiger partial charge in [0, 0.05) is 13.1 Å². The number of rotatable bonds is 5. The summed E-state index contributed by atoms with van der Waals surface area (Å²) in [7, 11) is 0. The van der Waals surface area contributed by atoms with Gasteiger partial charge in [-0.2, -0.15) is 0 Å². The van der Waals surface area contributed by atoms with Crippen molar-refractivity contribution in [2.24, 2.45) is 0 Å². The molecule has 0 saturated carbocycles. The molecule has 3 N–H and O–H groups in total. The van der Waals surface area contributed by atoms with Gasteiger partial charge in [-0.3, -0.25) is 0 Å². The zero-order valence-electron chi connectivity index (χ0n) is 6.72. The highest BCUT2D eigenvalue weighted by molar-refractivity contribution is 4.72. The van der Waals surface area contributed by atoms with Crippen LogP contribution in [0.2, 0.25) is 0 Å². The molecule has 0 amide bonds. The molecule has 0 aromatic heterocycles. The monoisotopic (exact) mass is 147 g/mol. The second-order valence-corrected chi connectivity index (χ2v) is 2.75. The van der Waals surface area contributed by atoms with Gasteiger partial charge in [0.1, 0.15) is 0 Å². The Hall–Kier alpha value is -0.120. The molecule has 0 saturated heterocycles. The van der Waals surface area contributed by atoms with Crippen LogP contribution in [0.15, 0.2) is 0 Å². The average Bonchev–Trinajstić information content (AvgIpc) is 1.89. The summed E-state index contributed by atoms with van der Waals surface area (Å²) in [6, 6.07) is 0. The van der Waals surface area contributed by atoms with Crippen LogP contribution in [0, 0.1) is 0 Å². The van der Waals surface area contributed by atoms with Crippen LogP contribution in [0.3, 0.4) is 0 Å². The third-order valence-corrected chi connectivity index (χ3v) is 1.56. The Morgan fingerprint density at radius 2 is 2.10 bits per heavy atom. The molecule has 0 spiro atoms. The van der Waals surface area contributed by atoms with Gasteiger partial charge in [0.15, 0.2) is 0 Å². The van der Waals surface area contributed by atoms with Crippen LogP contribution >= 0.6 is 0 Å². The number of nitrogens with one attached hydrogen (secondary N) is 1. The topological polar surface area (TPSA) is 52.5 Å². The number of aliphatic hydroxyl groups is 2. The number of aliphatic hydroxyl groups excluding tert-OH is 1. The lowest BCUT2D eigenvalue weighted by atomic mass is 10.0. The third-order valence-electron chi connectivity index (χ3n) is 1.56. The molecule has 3 nitrogen and oxygen atoms in total. The van der Waals surface area contributed by atoms with E-state index in [2.05, 4.69) is 5.32 Å². The van der Waals surface area contributed by atoms with Crippen molar-refractivity contribution in [3.8, 4) is 0 Å². The standard InChI is InChI=1S/C7H17NO2/c1-3-7(2,10)6-8-4-5-9/h8-10H,3-6H2,1-2H3. The van der Waals surface area contributed by atoms with Crippen LogP contribution in [0.1, 0.15) is 20.3 Å². The van der Waals surface area contributed by atoms with E-state index in [9.17, 15) is 5.11 Å². The molecule has 3 heteroatoms. The molecule has 62 valence electrons. The molecule has 0 fully saturated rings. The maximum atomic E-state index is 9.41. The fourth-order valence-electron chi connectivity index (χ4n) is 0.562. The van der Waals surface area contributed by atoms with E-state index < -0.39 is 5.60 Å². The highest BCUT2D eigenvalue weighted by atomic mass is 16.3. The van der Waals surface area contributed by atoms with Crippen molar-refractivity contribution in [3.05, 3.63) is 0 Å². The predicted octanol–water partition coefficient (Wildman–Crippen LogP) is -0.271. The summed E-state index contributed by atoms with van der Waals surface area (Å²) in [4.78, 5) is 0. The number of hydrogen-bond acceptors (Lipinski definition) is 3. The summed E-state index contributed by atoms with van der Waals surface area (Å²) >= 11 is 0. The summed E-state index contributed by atoms with van der Waals surface area (Å²) in [6.07, 6.45) is 0.728. The second-order valence-electron chi connectivity index (χ2n) is 2.75. The molecule has 0 radical (unpaired) electrons. The van der Waals surface area contributed by atoms with E-state index in [1.165, 1.54) is 0 Å². The molecular formula is C7H17NO2. The second kappa shape index (κ2) is 4.66. The van der Waals surface area contributed by atoms with Gasteiger partial charge in [-0.05, 0) is 13.3 Å². The first-order valence-corrected chi connectivity index (χ1v) is 3.66. The number of hydrogen-bond donors (Lipinski definition) is 3. The largest absolute Gasteiger partial charge is 0.395 e. The summed E-state index contributed by atoms with van der Waals surface area (Å²) in [6.45, 7) is 4.93. The summed E-state index contributed by atoms with van der Waals surface area (Å²) < 4.78 is 0. The Morgan fingerprint density at radius 3 is 2.50 bits per heavy atom. The van der Waals surface area contributed by atoms with E-state index in [1.54, 1.807) is 6.92 Å². The van der Waals surface area contributed by atoms with Crippen molar-refractivity contribution < 1.29 is 10.2 Å². The zero-order chi connectivity index (χ0) is 8.04. The van der Waals surface area contributed by atoms with Crippen LogP contribution < -0.4 is 5.32 Å². The van der Waals surface area contributed by atoms with Crippen LogP contribution in [-0.4, -0.2) is 35.5 Å². The molecular weight excluding hydrogens is 130 g/mol. The molecule has 0 rings (SSSR count). The molecule has 0 aliphatic heterocycles. The van der Waals surface area contributed by atoms with Crippen molar-refractivity contribution in [2.75, 3.05) is 19.7 Å². The first kappa shape index (κ1) is 9.88. The lowest BCUT2D eigenvalue weighted by Crippen LogP contribution is -2.38. The van der Waals surface area contributed by atoms with Gasteiger partial charge >= 0.3 is 0 Å². The van der Waals surface area contributed by atoms with Crippen molar-refractivity contribution in [2.45, 2.75) is 25.9 Å². The Morgan fingerprint density at radius 1 is 1.50 bits per heavy atom. The van der Waals surface area contributed by atoms with Gasteiger partial charge in [-0.15, -0.1) is 0 Å². The first-order valence-electron chi connectivity index (χ1n) is 3.66. The van der Waals surface area contributed by atoms with Gasteiger partial charge in [0.25, 0.3) is 0 Å². The Labute approximate surface area is 62.1 Å². The fraction of sp³-hybridized carbons (Fsp3) is 1.00. The van der Waals surface area contributed by atoms with Gasteiger partial charge in [-0.25, -0.2) is 0 Å². The Balaban J connectivity index is 3.28. The smallest absolute Gasteiger partial charge is 0.0741 e. The van der Waals surface area contributed by atoms with Gasteiger partial charge in [-0.1, -0.05) is 6.92 Å². The van der Waals surface area contributed by atoms with Gasteiger partial charge < -0.3 is 15.5 Å². The maximum absolute atomic E-state index is 9.41. The van der Waals surface area contributed by atoms with Crippen LogP contribution in [0.4, 0.5) is 0 Å². The fourth-order valence-corrected chi connectivity index (χ4v) is 0.562. The molecule has 1 unspecified atom stereocenters. The molecule has 0 aromatic rings. The quantitative estimate of drug-likeness (QED) is 0.469. The molecule has 0 aliphatic rings. The van der Waals surface area contributed by atoms with Gasteiger partial charge in [0.05, 0.1) is 12.2 Å². The van der Waals surface area contributed by atoms with Crippen molar-refractivity contribution in [1.29, 1.82) is 0 Å². The highest BCUT2D eigenvalue weighted by Gasteiger charge is 2.15. The van der Waals surface area contributed by atoms with Crippen molar-refractivity contribution in [3.63, 3.8) is 0 Å². The average molecular weight is 147 g/mol. The summed E-state index contributed by atoms with van der Waals surface area (Å²) in [5.41, 5.74) is -0.630. The molecule has 1 atom stereocenters. The highest BCUT2D eigenvalue weighted by Crippen LogP contribution is 2.05. The van der Waals surface area contributed by atoms with E-state index in [0.29, 0.717) is 13.1 Å². The molecule has 0 aliphatic carbocycles. The Bertz CT molecular complexity index is 83.7. The lowest BCUT2D eigenvalue weighted by Gasteiger charge is -2.21. The van der Waals surface area contributed by atoms with Crippen molar-refractivity contribution >= 4 is 0 Å². The van der Waals surface area contributed by atoms with E-state index in [0.717, 1.165) is 6.42 Å². The molecule has 0 aromatic carbocycles. The first-order chi connectivity index (χ1) is 4.62. The maximum Gasteiger partial charge on any atom is 0.0741 e. The van der Waals surface area contributed by atoms with E-state index in [4.69, 9.17) is 5.11 Å². The summed E-state index contributed by atoms with van der Waals surface area (Å²) in [5, 5.41) is 20.7. The van der Waals surface area contributed by atoms with Gasteiger partial charge in [0.2, 0.25) is 0 Å². The third kappa shape index (κ3) is 4.73. The SMILES string of the molecule is CCC(C)(O)CNCCO. The Kier molecular flexibility index (Phi) is 4.60. The van der Waals surface area contributed by atoms with E-state index in [-0.39, 0.29) is 6.61 Å². The summed E-state index contributed by atoms with van der Waals surface area (Å²) in [5.74, 6) is 0. The lowest BCUT2D eigenvalue weighted by molar-refractivity contribution is 0.0549. The normalized spacial score (nSPS) is 16.8. The van der Waals surface area contributed by atoms with E-state index in [1.807, 2.05) is 6.92 Å². The molecule has 10 heavy (non-hydrogen) atoms. The predicted molar refractivity (Wildman–Crippen MR) is 40.9 cm³/mol. The van der Waals surface area contributed by atoms with E-state index >= 15 is 0 Å². The molecule has 0 heterocycles. The zero-order valence-corrected chi connectivity index (χ0v) is 6.72. The molecule has 0 bridgehead atoms.